The second kappa shape index (κ2) is 31.8. The highest BCUT2D eigenvalue weighted by atomic mass is 35.5. The molecule has 11 aromatic rings. The third-order valence-corrected chi connectivity index (χ3v) is 20.2. The number of carbonyl (C=O) groups is 3. The van der Waals surface area contributed by atoms with Gasteiger partial charge >= 0.3 is 0 Å². The molecule has 3 aliphatic heterocycles. The zero-order valence-electron chi connectivity index (χ0n) is 56.5. The maximum absolute atomic E-state index is 14.8. The number of piperazine rings is 3. The number of hydrogen-bond donors (Lipinski definition) is 3. The van der Waals surface area contributed by atoms with Crippen LogP contribution >= 0.6 is 46.4 Å². The van der Waals surface area contributed by atoms with Gasteiger partial charge in [0, 0.05) is 154 Å². The Hall–Kier alpha value is -10.8. The number of anilines is 3. The minimum absolute atomic E-state index is 0.00428. The Bertz CT molecular complexity index is 4850. The monoisotopic (exact) mass is 1480 g/mol. The number of halogens is 7. The van der Waals surface area contributed by atoms with Crippen LogP contribution in [0.3, 0.4) is 0 Å². The summed E-state index contributed by atoms with van der Waals surface area (Å²) in [4.78, 5) is 47.3. The first-order chi connectivity index (χ1) is 50.2. The number of nitrogens with zero attached hydrogens (tertiary/aromatic N) is 12. The zero-order valence-corrected chi connectivity index (χ0v) is 59.5. The highest BCUT2D eigenvalue weighted by molar-refractivity contribution is 6.38. The molecule has 0 radical (unpaired) electrons. The average Bonchev–Trinajstić information content (AvgIpc) is 0.756. The largest absolute Gasteiger partial charge is 0.507 e. The van der Waals surface area contributed by atoms with Crippen molar-refractivity contribution >= 4 is 114 Å². The van der Waals surface area contributed by atoms with E-state index in [2.05, 4.69) is 60.1 Å². The maximum Gasteiger partial charge on any atom is 0.246 e. The molecule has 3 fully saturated rings. The molecule has 3 aliphatic rings. The van der Waals surface area contributed by atoms with Gasteiger partial charge in [-0.15, -0.1) is 20.4 Å². The van der Waals surface area contributed by atoms with Gasteiger partial charge in [-0.3, -0.25) is 14.4 Å². The van der Waals surface area contributed by atoms with Crippen molar-refractivity contribution in [1.29, 1.82) is 0 Å². The van der Waals surface area contributed by atoms with Crippen molar-refractivity contribution < 1.29 is 42.9 Å². The molecule has 25 heteroatoms. The Morgan fingerprint density at radius 1 is 0.385 bits per heavy atom. The summed E-state index contributed by atoms with van der Waals surface area (Å²) in [7, 11) is 0. The number of carbonyl (C=O) groups excluding carboxylic acids is 3. The van der Waals surface area contributed by atoms with Crippen molar-refractivity contribution in [2.24, 2.45) is 0 Å². The molecule has 0 bridgehead atoms. The smallest absolute Gasteiger partial charge is 0.246 e. The van der Waals surface area contributed by atoms with Crippen LogP contribution in [0.5, 0.6) is 17.2 Å². The Kier molecular flexibility index (Phi) is 22.3. The quantitative estimate of drug-likeness (QED) is 0.0917. The summed E-state index contributed by atoms with van der Waals surface area (Å²) in [6.45, 7) is 21.3. The van der Waals surface area contributed by atoms with E-state index >= 15 is 0 Å². The fourth-order valence-electron chi connectivity index (χ4n) is 13.3. The van der Waals surface area contributed by atoms with Gasteiger partial charge in [-0.25, -0.2) is 13.2 Å². The second-order valence-electron chi connectivity index (χ2n) is 25.0. The van der Waals surface area contributed by atoms with Crippen molar-refractivity contribution in [3.8, 4) is 50.6 Å². The molecule has 530 valence electrons. The lowest BCUT2D eigenvalue weighted by Gasteiger charge is -2.35. The van der Waals surface area contributed by atoms with Crippen LogP contribution in [0.4, 0.5) is 30.6 Å². The van der Waals surface area contributed by atoms with E-state index in [1.807, 2.05) is 79.4 Å². The standard InChI is InChI=1S/2C29H26ClFN4O2.C21H17Cl2FN4O2/c2*1-3-26(37)34-12-14-35(15-13-34)29-21-17-23(30)22(27-24(31)10-7-11-25(27)36)16-20(21)28(32-33-29)18(2)19-8-5-4-6-9-19;1-2-18(30)27-6-8-28(9-7-27)21-13-11-15(22)14(10-12(13)20(23)25-26-21)19-16(24)4-3-5-17(19)29/h2*3-11,16-18,36H,1,12-15H2,2H3;2-5,10-11,29H,1,6-9H2/t2*18-;/m10./s1. The highest BCUT2D eigenvalue weighted by Crippen LogP contribution is 2.46. The number of aromatic nitrogens is 6. The Morgan fingerprint density at radius 2 is 0.673 bits per heavy atom. The van der Waals surface area contributed by atoms with Crippen LogP contribution in [0.25, 0.3) is 65.7 Å². The van der Waals surface area contributed by atoms with E-state index in [4.69, 9.17) is 46.4 Å². The number of aromatic hydroxyl groups is 3. The van der Waals surface area contributed by atoms with Crippen LogP contribution in [-0.4, -0.2) is 157 Å². The molecular formula is C79H69Cl4F3N12O6. The van der Waals surface area contributed by atoms with Crippen LogP contribution in [0, 0.1) is 17.5 Å². The summed E-state index contributed by atoms with van der Waals surface area (Å²) < 4.78 is 44.1. The number of fused-ring (bicyclic) bond motifs is 3. The van der Waals surface area contributed by atoms with Crippen molar-refractivity contribution in [3.63, 3.8) is 0 Å². The van der Waals surface area contributed by atoms with Gasteiger partial charge in [0.25, 0.3) is 0 Å². The summed E-state index contributed by atoms with van der Waals surface area (Å²) in [5.41, 5.74) is 4.72. The Labute approximate surface area is 617 Å². The lowest BCUT2D eigenvalue weighted by atomic mass is 9.92. The van der Waals surface area contributed by atoms with E-state index < -0.39 is 17.5 Å². The number of benzene rings is 8. The van der Waals surface area contributed by atoms with Crippen molar-refractivity contribution in [3.05, 3.63) is 250 Å². The van der Waals surface area contributed by atoms with E-state index in [-0.39, 0.29) is 73.7 Å². The third-order valence-electron chi connectivity index (χ3n) is 19.0. The number of hydrogen-bond acceptors (Lipinski definition) is 15. The van der Waals surface area contributed by atoms with Crippen LogP contribution < -0.4 is 14.7 Å². The van der Waals surface area contributed by atoms with Crippen LogP contribution in [-0.2, 0) is 14.4 Å². The number of phenolic OH excluding ortho intramolecular Hbond substituents is 3. The van der Waals surface area contributed by atoms with E-state index in [0.717, 1.165) is 44.1 Å². The minimum atomic E-state index is -0.599. The SMILES string of the molecule is C=CC(=O)N1CCN(c2nnc(Cl)c3cc(-c4c(O)cccc4F)c(Cl)cc23)CC1.C=CC(=O)N1CCN(c2nnc([C@@H](C)c3ccccc3)c3cc(-c4c(O)cccc4F)c(Cl)cc23)CC1.C=CC(=O)N1CCN(c2nnc([C@H](C)c3ccccc3)c3cc(-c4c(O)cccc4F)c(Cl)cc23)CC1. The predicted octanol–water partition coefficient (Wildman–Crippen LogP) is 15.8. The number of amides is 3. The highest BCUT2D eigenvalue weighted by Gasteiger charge is 2.31. The van der Waals surface area contributed by atoms with E-state index in [1.165, 1.54) is 72.8 Å². The molecule has 0 saturated carbocycles. The predicted molar refractivity (Wildman–Crippen MR) is 405 cm³/mol. The molecule has 104 heavy (non-hydrogen) atoms. The average molecular weight is 1480 g/mol. The summed E-state index contributed by atoms with van der Waals surface area (Å²) >= 11 is 26.2. The minimum Gasteiger partial charge on any atom is -0.507 e. The molecule has 3 aromatic heterocycles. The molecular weight excluding hydrogens is 1410 g/mol. The summed E-state index contributed by atoms with van der Waals surface area (Å²) in [5, 5.41) is 63.2. The normalized spacial score (nSPS) is 14.5. The van der Waals surface area contributed by atoms with Crippen molar-refractivity contribution in [2.75, 3.05) is 93.2 Å². The van der Waals surface area contributed by atoms with Crippen LogP contribution in [0.2, 0.25) is 20.2 Å². The zero-order chi connectivity index (χ0) is 73.6. The lowest BCUT2D eigenvalue weighted by molar-refractivity contribution is -0.127. The first-order valence-corrected chi connectivity index (χ1v) is 34.9. The molecule has 6 heterocycles. The second-order valence-corrected chi connectivity index (χ2v) is 26.6. The van der Waals surface area contributed by atoms with Gasteiger partial charge in [0.05, 0.1) is 28.1 Å². The molecule has 0 unspecified atom stereocenters. The first-order valence-electron chi connectivity index (χ1n) is 33.4. The Morgan fingerprint density at radius 3 is 0.971 bits per heavy atom. The first kappa shape index (κ1) is 72.9. The molecule has 3 saturated heterocycles. The van der Waals surface area contributed by atoms with Crippen LogP contribution in [0.15, 0.2) is 190 Å². The van der Waals surface area contributed by atoms with E-state index in [0.29, 0.717) is 133 Å². The van der Waals surface area contributed by atoms with Gasteiger partial charge in [-0.05, 0) is 102 Å². The van der Waals surface area contributed by atoms with Gasteiger partial charge < -0.3 is 44.7 Å². The molecule has 0 aliphatic carbocycles. The summed E-state index contributed by atoms with van der Waals surface area (Å²) in [5.74, 6) is -0.972. The number of phenols is 3. The summed E-state index contributed by atoms with van der Waals surface area (Å²) in [6, 6.07) is 42.7. The molecule has 3 N–H and O–H groups in total. The van der Waals surface area contributed by atoms with Gasteiger partial charge in [0.2, 0.25) is 17.7 Å². The third kappa shape index (κ3) is 15.0. The van der Waals surface area contributed by atoms with Gasteiger partial charge in [-0.2, -0.15) is 10.2 Å². The molecule has 8 aromatic carbocycles. The van der Waals surface area contributed by atoms with E-state index in [1.54, 1.807) is 51.1 Å². The molecule has 18 nitrogen and oxygen atoms in total. The van der Waals surface area contributed by atoms with Crippen LogP contribution in [0.1, 0.15) is 48.2 Å². The molecule has 14 rings (SSSR count). The fourth-order valence-corrected chi connectivity index (χ4v) is 14.3. The lowest BCUT2D eigenvalue weighted by Crippen LogP contribution is -2.48. The van der Waals surface area contributed by atoms with Gasteiger partial charge in [-0.1, -0.05) is 159 Å². The topological polar surface area (TPSA) is 209 Å². The number of rotatable bonds is 13. The molecule has 0 spiro atoms. The summed E-state index contributed by atoms with van der Waals surface area (Å²) in [6.07, 6.45) is 3.95. The maximum atomic E-state index is 14.8. The molecule has 3 amide bonds. The van der Waals surface area contributed by atoms with Gasteiger partial charge in [0.15, 0.2) is 22.6 Å². The fraction of sp³-hybridized carbons (Fsp3) is 0.203. The van der Waals surface area contributed by atoms with Gasteiger partial charge in [0.1, 0.15) is 34.7 Å². The Balaban J connectivity index is 0.000000148. The molecule has 2 atom stereocenters. The van der Waals surface area contributed by atoms with Crippen molar-refractivity contribution in [2.45, 2.75) is 25.7 Å². The van der Waals surface area contributed by atoms with Crippen molar-refractivity contribution in [1.82, 2.24) is 45.3 Å². The van der Waals surface area contributed by atoms with E-state index in [9.17, 15) is 42.9 Å².